The van der Waals surface area contributed by atoms with Crippen molar-refractivity contribution in [1.29, 1.82) is 0 Å². The number of imidazole rings is 1. The van der Waals surface area contributed by atoms with Crippen molar-refractivity contribution in [2.24, 2.45) is 5.73 Å². The van der Waals surface area contributed by atoms with E-state index in [1.165, 1.54) is 5.56 Å². The summed E-state index contributed by atoms with van der Waals surface area (Å²) in [5, 5.41) is 0. The van der Waals surface area contributed by atoms with Crippen molar-refractivity contribution in [2.45, 2.75) is 32.9 Å². The van der Waals surface area contributed by atoms with Crippen LogP contribution in [-0.2, 0) is 13.1 Å². The minimum Gasteiger partial charge on any atom is -0.330 e. The van der Waals surface area contributed by atoms with Gasteiger partial charge in [0.15, 0.2) is 0 Å². The van der Waals surface area contributed by atoms with Crippen molar-refractivity contribution in [3.8, 4) is 5.69 Å². The molecule has 0 aliphatic rings. The molecule has 0 bridgehead atoms. The van der Waals surface area contributed by atoms with E-state index in [0.717, 1.165) is 56.2 Å². The van der Waals surface area contributed by atoms with E-state index in [-0.39, 0.29) is 0 Å². The van der Waals surface area contributed by atoms with E-state index >= 15 is 0 Å². The first-order valence-corrected chi connectivity index (χ1v) is 9.18. The summed E-state index contributed by atoms with van der Waals surface area (Å²) < 4.78 is 2.15. The number of pyridine rings is 1. The Morgan fingerprint density at radius 2 is 1.81 bits per heavy atom. The average Bonchev–Trinajstić information content (AvgIpc) is 3.12. The predicted octanol–water partition coefficient (Wildman–Crippen LogP) is 3.32. The maximum Gasteiger partial charge on any atom is 0.127 e. The van der Waals surface area contributed by atoms with E-state index in [0.29, 0.717) is 0 Å². The average molecular weight is 349 g/mol. The number of hydrogen-bond acceptors (Lipinski definition) is 4. The number of nitrogens with two attached hydrogens (primary N) is 1. The van der Waals surface area contributed by atoms with Gasteiger partial charge in [0.1, 0.15) is 5.82 Å². The first-order chi connectivity index (χ1) is 12.8. The fraction of sp³-hybridized carbons (Fsp3) is 0.333. The van der Waals surface area contributed by atoms with Gasteiger partial charge < -0.3 is 10.3 Å². The molecule has 0 fully saturated rings. The van der Waals surface area contributed by atoms with Crippen molar-refractivity contribution < 1.29 is 0 Å². The molecule has 2 heterocycles. The lowest BCUT2D eigenvalue weighted by molar-refractivity contribution is 0.241. The molecule has 0 amide bonds. The van der Waals surface area contributed by atoms with Crippen molar-refractivity contribution in [3.63, 3.8) is 0 Å². The molecule has 2 aromatic heterocycles. The molecule has 0 saturated carbocycles. The van der Waals surface area contributed by atoms with Gasteiger partial charge in [-0.3, -0.25) is 9.88 Å². The van der Waals surface area contributed by atoms with Crippen molar-refractivity contribution in [3.05, 3.63) is 78.1 Å². The van der Waals surface area contributed by atoms with Crippen molar-refractivity contribution in [2.75, 3.05) is 13.1 Å². The van der Waals surface area contributed by atoms with Gasteiger partial charge in [0.25, 0.3) is 0 Å². The highest BCUT2D eigenvalue weighted by Gasteiger charge is 2.13. The van der Waals surface area contributed by atoms with Crippen LogP contribution in [0.5, 0.6) is 0 Å². The SMILES string of the molecule is Cc1cccnc1CN(CCCCN)Cc1nccn1-c1ccccc1. The zero-order chi connectivity index (χ0) is 18.2. The molecule has 136 valence electrons. The lowest BCUT2D eigenvalue weighted by Crippen LogP contribution is -2.27. The van der Waals surface area contributed by atoms with Crippen LogP contribution in [0, 0.1) is 6.92 Å². The number of benzene rings is 1. The Labute approximate surface area is 155 Å². The summed E-state index contributed by atoms with van der Waals surface area (Å²) in [6, 6.07) is 14.4. The molecule has 0 atom stereocenters. The van der Waals surface area contributed by atoms with Crippen molar-refractivity contribution >= 4 is 0 Å². The predicted molar refractivity (Wildman–Crippen MR) is 105 cm³/mol. The van der Waals surface area contributed by atoms with Gasteiger partial charge in [-0.15, -0.1) is 0 Å². The normalized spacial score (nSPS) is 11.2. The van der Waals surface area contributed by atoms with E-state index in [4.69, 9.17) is 5.73 Å². The van der Waals surface area contributed by atoms with E-state index in [1.807, 2.05) is 30.7 Å². The van der Waals surface area contributed by atoms with Gasteiger partial charge in [0.05, 0.1) is 12.2 Å². The van der Waals surface area contributed by atoms with Crippen LogP contribution in [0.4, 0.5) is 0 Å². The molecule has 1 aromatic carbocycles. The fourth-order valence-corrected chi connectivity index (χ4v) is 3.06. The first-order valence-electron chi connectivity index (χ1n) is 9.18. The zero-order valence-corrected chi connectivity index (χ0v) is 15.4. The van der Waals surface area contributed by atoms with E-state index in [9.17, 15) is 0 Å². The number of hydrogen-bond donors (Lipinski definition) is 1. The largest absolute Gasteiger partial charge is 0.330 e. The second-order valence-corrected chi connectivity index (χ2v) is 6.52. The molecule has 5 nitrogen and oxygen atoms in total. The summed E-state index contributed by atoms with van der Waals surface area (Å²) in [6.45, 7) is 5.43. The molecular formula is C21H27N5. The highest BCUT2D eigenvalue weighted by molar-refractivity contribution is 5.32. The lowest BCUT2D eigenvalue weighted by Gasteiger charge is -2.23. The molecule has 0 radical (unpaired) electrons. The summed E-state index contributed by atoms with van der Waals surface area (Å²) in [7, 11) is 0. The Morgan fingerprint density at radius 3 is 2.58 bits per heavy atom. The monoisotopic (exact) mass is 349 g/mol. The number of para-hydroxylation sites is 1. The van der Waals surface area contributed by atoms with E-state index in [1.54, 1.807) is 0 Å². The number of unbranched alkanes of at least 4 members (excludes halogenated alkanes) is 1. The second kappa shape index (κ2) is 9.27. The fourth-order valence-electron chi connectivity index (χ4n) is 3.06. The Kier molecular flexibility index (Phi) is 6.52. The van der Waals surface area contributed by atoms with Crippen LogP contribution in [0.3, 0.4) is 0 Å². The molecule has 0 saturated heterocycles. The minimum atomic E-state index is 0.731. The molecule has 0 aliphatic heterocycles. The third-order valence-corrected chi connectivity index (χ3v) is 4.54. The molecule has 3 aromatic rings. The van der Waals surface area contributed by atoms with Gasteiger partial charge in [-0.2, -0.15) is 0 Å². The van der Waals surface area contributed by atoms with Crippen LogP contribution in [0.1, 0.15) is 29.9 Å². The van der Waals surface area contributed by atoms with Crippen LogP contribution in [0.25, 0.3) is 5.69 Å². The maximum atomic E-state index is 5.68. The van der Waals surface area contributed by atoms with Gasteiger partial charge in [0.2, 0.25) is 0 Å². The Bertz CT molecular complexity index is 797. The summed E-state index contributed by atoms with van der Waals surface area (Å²) in [5.41, 5.74) is 9.16. The second-order valence-electron chi connectivity index (χ2n) is 6.52. The summed E-state index contributed by atoms with van der Waals surface area (Å²) in [4.78, 5) is 11.6. The standard InChI is InChI=1S/C21H27N5/c1-18-8-7-12-23-20(18)16-25(14-6-5-11-22)17-21-24-13-15-26(21)19-9-3-2-4-10-19/h2-4,7-10,12-13,15H,5-6,11,14,16-17,22H2,1H3. The lowest BCUT2D eigenvalue weighted by atomic mass is 10.2. The molecule has 0 unspecified atom stereocenters. The molecule has 0 aliphatic carbocycles. The van der Waals surface area contributed by atoms with Crippen molar-refractivity contribution in [1.82, 2.24) is 19.4 Å². The molecule has 5 heteroatoms. The molecule has 26 heavy (non-hydrogen) atoms. The third kappa shape index (κ3) is 4.77. The topological polar surface area (TPSA) is 60.0 Å². The molecular weight excluding hydrogens is 322 g/mol. The van der Waals surface area contributed by atoms with Gasteiger partial charge in [-0.25, -0.2) is 4.98 Å². The van der Waals surface area contributed by atoms with Crippen LogP contribution < -0.4 is 5.73 Å². The Morgan fingerprint density at radius 1 is 0.962 bits per heavy atom. The number of nitrogens with zero attached hydrogens (tertiary/aromatic N) is 4. The van der Waals surface area contributed by atoms with Crippen LogP contribution >= 0.6 is 0 Å². The van der Waals surface area contributed by atoms with E-state index in [2.05, 4.69) is 56.7 Å². The summed E-state index contributed by atoms with van der Waals surface area (Å²) >= 11 is 0. The summed E-state index contributed by atoms with van der Waals surface area (Å²) in [5.74, 6) is 1.04. The Hall–Kier alpha value is -2.50. The summed E-state index contributed by atoms with van der Waals surface area (Å²) in [6.07, 6.45) is 7.87. The van der Waals surface area contributed by atoms with Gasteiger partial charge >= 0.3 is 0 Å². The number of aryl methyl sites for hydroxylation is 1. The molecule has 3 rings (SSSR count). The number of aromatic nitrogens is 3. The molecule has 0 spiro atoms. The van der Waals surface area contributed by atoms with Crippen LogP contribution in [-0.4, -0.2) is 32.5 Å². The first kappa shape index (κ1) is 18.3. The third-order valence-electron chi connectivity index (χ3n) is 4.54. The van der Waals surface area contributed by atoms with E-state index < -0.39 is 0 Å². The number of rotatable bonds is 9. The minimum absolute atomic E-state index is 0.731. The highest BCUT2D eigenvalue weighted by atomic mass is 15.2. The molecule has 2 N–H and O–H groups in total. The van der Waals surface area contributed by atoms with Gasteiger partial charge in [-0.1, -0.05) is 24.3 Å². The quantitative estimate of drug-likeness (QED) is 0.602. The smallest absolute Gasteiger partial charge is 0.127 e. The maximum absolute atomic E-state index is 5.68. The zero-order valence-electron chi connectivity index (χ0n) is 15.4. The highest BCUT2D eigenvalue weighted by Crippen LogP contribution is 2.15. The van der Waals surface area contributed by atoms with Crippen LogP contribution in [0.2, 0.25) is 0 Å². The van der Waals surface area contributed by atoms with Crippen LogP contribution in [0.15, 0.2) is 61.1 Å². The van der Waals surface area contributed by atoms with Gasteiger partial charge in [-0.05, 0) is 56.6 Å². The Balaban J connectivity index is 1.78. The van der Waals surface area contributed by atoms with Gasteiger partial charge in [0, 0.05) is 30.8 Å².